The fourth-order valence-corrected chi connectivity index (χ4v) is 3.46. The molecule has 1 aliphatic rings. The van der Waals surface area contributed by atoms with E-state index >= 15 is 0 Å². The highest BCUT2D eigenvalue weighted by Crippen LogP contribution is 2.24. The molecule has 0 amide bonds. The third-order valence-electron chi connectivity index (χ3n) is 4.77. The molecule has 138 valence electrons. The molecule has 0 bridgehead atoms. The molecule has 2 aromatic rings. The Bertz CT molecular complexity index is 691. The van der Waals surface area contributed by atoms with Crippen molar-refractivity contribution in [2.24, 2.45) is 0 Å². The van der Waals surface area contributed by atoms with Gasteiger partial charge in [-0.15, -0.1) is 0 Å². The second-order valence-electron chi connectivity index (χ2n) is 7.02. The van der Waals surface area contributed by atoms with E-state index in [9.17, 15) is 0 Å². The molecule has 4 heteroatoms. The lowest BCUT2D eigenvalue weighted by Crippen LogP contribution is -2.29. The van der Waals surface area contributed by atoms with Crippen LogP contribution < -0.4 is 15.4 Å². The third-order valence-corrected chi connectivity index (χ3v) is 5.01. The predicted octanol–water partition coefficient (Wildman–Crippen LogP) is 5.24. The molecule has 0 aromatic heterocycles. The van der Waals surface area contributed by atoms with Gasteiger partial charge in [-0.05, 0) is 87.5 Å². The molecule has 0 spiro atoms. The maximum Gasteiger partial charge on any atom is 0.170 e. The smallest absolute Gasteiger partial charge is 0.170 e. The van der Waals surface area contributed by atoms with Gasteiger partial charge in [0.2, 0.25) is 0 Å². The number of nitrogens with one attached hydrogen (secondary N) is 2. The van der Waals surface area contributed by atoms with Crippen LogP contribution >= 0.6 is 12.2 Å². The van der Waals surface area contributed by atoms with Gasteiger partial charge in [0.1, 0.15) is 5.75 Å². The van der Waals surface area contributed by atoms with Gasteiger partial charge in [0.25, 0.3) is 0 Å². The number of ether oxygens (including phenoxy) is 1. The van der Waals surface area contributed by atoms with Crippen molar-refractivity contribution in [3.63, 3.8) is 0 Å². The van der Waals surface area contributed by atoms with Gasteiger partial charge in [-0.3, -0.25) is 0 Å². The van der Waals surface area contributed by atoms with Crippen molar-refractivity contribution in [2.45, 2.75) is 51.6 Å². The minimum absolute atomic E-state index is 0.394. The lowest BCUT2D eigenvalue weighted by molar-refractivity contribution is 0.210. The second kappa shape index (κ2) is 9.58. The topological polar surface area (TPSA) is 33.3 Å². The molecular formula is C22H28N2OS. The van der Waals surface area contributed by atoms with Crippen molar-refractivity contribution >= 4 is 23.0 Å². The number of hydrogen-bond donors (Lipinski definition) is 2. The molecule has 1 saturated carbocycles. The lowest BCUT2D eigenvalue weighted by atomic mass is 10.1. The van der Waals surface area contributed by atoms with Crippen LogP contribution in [0, 0.1) is 6.92 Å². The third kappa shape index (κ3) is 6.03. The SMILES string of the molecule is Cc1ccc(CCCNC(=S)Nc2ccc(OC3CCCC3)cc2)cc1. The van der Waals surface area contributed by atoms with Crippen LogP contribution in [0.5, 0.6) is 5.75 Å². The van der Waals surface area contributed by atoms with Gasteiger partial charge in [0.15, 0.2) is 5.11 Å². The summed E-state index contributed by atoms with van der Waals surface area (Å²) in [5, 5.41) is 7.17. The Labute approximate surface area is 162 Å². The van der Waals surface area contributed by atoms with Crippen LogP contribution in [0.1, 0.15) is 43.2 Å². The van der Waals surface area contributed by atoms with Crippen molar-refractivity contribution in [2.75, 3.05) is 11.9 Å². The monoisotopic (exact) mass is 368 g/mol. The molecule has 0 radical (unpaired) electrons. The standard InChI is InChI=1S/C22H28N2OS/c1-17-8-10-18(11-9-17)5-4-16-23-22(26)24-19-12-14-21(15-13-19)25-20-6-2-3-7-20/h8-15,20H,2-7,16H2,1H3,(H2,23,24,26). The van der Waals surface area contributed by atoms with E-state index in [2.05, 4.69) is 41.8 Å². The maximum absolute atomic E-state index is 5.99. The number of hydrogen-bond acceptors (Lipinski definition) is 2. The summed E-state index contributed by atoms with van der Waals surface area (Å²) in [5.41, 5.74) is 3.66. The van der Waals surface area contributed by atoms with Crippen LogP contribution in [-0.4, -0.2) is 17.8 Å². The molecular weight excluding hydrogens is 340 g/mol. The number of thiocarbonyl (C=S) groups is 1. The fourth-order valence-electron chi connectivity index (χ4n) is 3.24. The van der Waals surface area contributed by atoms with Gasteiger partial charge in [0, 0.05) is 12.2 Å². The number of benzene rings is 2. The highest BCUT2D eigenvalue weighted by Gasteiger charge is 2.16. The zero-order chi connectivity index (χ0) is 18.2. The van der Waals surface area contributed by atoms with Crippen LogP contribution in [0.25, 0.3) is 0 Å². The van der Waals surface area contributed by atoms with E-state index in [1.54, 1.807) is 0 Å². The zero-order valence-electron chi connectivity index (χ0n) is 15.5. The average molecular weight is 369 g/mol. The summed E-state index contributed by atoms with van der Waals surface area (Å²) in [7, 11) is 0. The Morgan fingerprint density at radius 2 is 1.73 bits per heavy atom. The van der Waals surface area contributed by atoms with E-state index in [-0.39, 0.29) is 0 Å². The quantitative estimate of drug-likeness (QED) is 0.517. The average Bonchev–Trinajstić information content (AvgIpc) is 3.15. The summed E-state index contributed by atoms with van der Waals surface area (Å²) >= 11 is 5.38. The number of rotatable bonds is 7. The van der Waals surface area contributed by atoms with Crippen molar-refractivity contribution in [1.29, 1.82) is 0 Å². The number of aryl methyl sites for hydroxylation is 2. The van der Waals surface area contributed by atoms with Crippen LogP contribution in [0.15, 0.2) is 48.5 Å². The Morgan fingerprint density at radius 3 is 2.42 bits per heavy atom. The maximum atomic E-state index is 5.99. The minimum Gasteiger partial charge on any atom is -0.490 e. The van der Waals surface area contributed by atoms with E-state index in [0.717, 1.165) is 30.8 Å². The van der Waals surface area contributed by atoms with E-state index < -0.39 is 0 Å². The summed E-state index contributed by atoms with van der Waals surface area (Å²) in [5.74, 6) is 0.944. The second-order valence-corrected chi connectivity index (χ2v) is 7.43. The summed E-state index contributed by atoms with van der Waals surface area (Å²) in [6, 6.07) is 16.8. The molecule has 1 aliphatic carbocycles. The van der Waals surface area contributed by atoms with Crippen LogP contribution in [0.2, 0.25) is 0 Å². The summed E-state index contributed by atoms with van der Waals surface area (Å²) in [6.45, 7) is 2.98. The van der Waals surface area contributed by atoms with E-state index in [1.807, 2.05) is 24.3 Å². The van der Waals surface area contributed by atoms with Gasteiger partial charge in [0.05, 0.1) is 6.10 Å². The molecule has 26 heavy (non-hydrogen) atoms. The van der Waals surface area contributed by atoms with Crippen molar-refractivity contribution in [3.8, 4) is 5.75 Å². The zero-order valence-corrected chi connectivity index (χ0v) is 16.3. The summed E-state index contributed by atoms with van der Waals surface area (Å²) < 4.78 is 5.99. The Balaban J connectivity index is 1.35. The van der Waals surface area contributed by atoms with E-state index in [0.29, 0.717) is 11.2 Å². The molecule has 1 fully saturated rings. The predicted molar refractivity (Wildman–Crippen MR) is 113 cm³/mol. The van der Waals surface area contributed by atoms with Crippen molar-refractivity contribution in [1.82, 2.24) is 5.32 Å². The number of anilines is 1. The first-order chi connectivity index (χ1) is 12.7. The first-order valence-electron chi connectivity index (χ1n) is 9.56. The van der Waals surface area contributed by atoms with Crippen molar-refractivity contribution in [3.05, 3.63) is 59.7 Å². The Hall–Kier alpha value is -2.07. The molecule has 0 saturated heterocycles. The normalized spacial score (nSPS) is 14.2. The largest absolute Gasteiger partial charge is 0.490 e. The molecule has 0 heterocycles. The first kappa shape index (κ1) is 18.7. The molecule has 3 rings (SSSR count). The van der Waals surface area contributed by atoms with Gasteiger partial charge in [-0.25, -0.2) is 0 Å². The van der Waals surface area contributed by atoms with Crippen LogP contribution in [-0.2, 0) is 6.42 Å². The van der Waals surface area contributed by atoms with Gasteiger partial charge in [-0.2, -0.15) is 0 Å². The van der Waals surface area contributed by atoms with Crippen LogP contribution in [0.4, 0.5) is 5.69 Å². The summed E-state index contributed by atoms with van der Waals surface area (Å²) in [6.07, 6.45) is 7.43. The van der Waals surface area contributed by atoms with E-state index in [4.69, 9.17) is 17.0 Å². The molecule has 0 unspecified atom stereocenters. The van der Waals surface area contributed by atoms with Crippen LogP contribution in [0.3, 0.4) is 0 Å². The molecule has 2 aromatic carbocycles. The van der Waals surface area contributed by atoms with Gasteiger partial charge < -0.3 is 15.4 Å². The van der Waals surface area contributed by atoms with Gasteiger partial charge in [-0.1, -0.05) is 29.8 Å². The highest BCUT2D eigenvalue weighted by molar-refractivity contribution is 7.80. The van der Waals surface area contributed by atoms with Gasteiger partial charge >= 0.3 is 0 Å². The Morgan fingerprint density at radius 1 is 1.04 bits per heavy atom. The molecule has 3 nitrogen and oxygen atoms in total. The van der Waals surface area contributed by atoms with Crippen molar-refractivity contribution < 1.29 is 4.74 Å². The fraction of sp³-hybridized carbons (Fsp3) is 0.409. The first-order valence-corrected chi connectivity index (χ1v) is 9.97. The minimum atomic E-state index is 0.394. The van der Waals surface area contributed by atoms with E-state index in [1.165, 1.54) is 36.8 Å². The molecule has 0 atom stereocenters. The lowest BCUT2D eigenvalue weighted by Gasteiger charge is -2.14. The molecule has 2 N–H and O–H groups in total. The molecule has 0 aliphatic heterocycles. The highest BCUT2D eigenvalue weighted by atomic mass is 32.1. The summed E-state index contributed by atoms with van der Waals surface area (Å²) in [4.78, 5) is 0. The Kier molecular flexibility index (Phi) is 6.89.